The SMILES string of the molecule is O=C1NCc2c(-c3cnc4cc(F)ccn34)ccc(Nc3ccc4c(n3)OC[C@@H]3COCCN43)c21. The van der Waals surface area contributed by atoms with E-state index in [4.69, 9.17) is 9.47 Å². The highest BCUT2D eigenvalue weighted by Crippen LogP contribution is 2.38. The Morgan fingerprint density at radius 3 is 3.06 bits per heavy atom. The smallest absolute Gasteiger partial charge is 0.254 e. The molecule has 0 unspecified atom stereocenters. The van der Waals surface area contributed by atoms with Crippen molar-refractivity contribution in [3.8, 4) is 17.1 Å². The lowest BCUT2D eigenvalue weighted by Gasteiger charge is -2.40. The van der Waals surface area contributed by atoms with E-state index in [-0.39, 0.29) is 17.8 Å². The van der Waals surface area contributed by atoms with Gasteiger partial charge in [-0.1, -0.05) is 6.07 Å². The van der Waals surface area contributed by atoms with Crippen molar-refractivity contribution in [2.45, 2.75) is 12.6 Å². The zero-order chi connectivity index (χ0) is 23.5. The first-order valence-corrected chi connectivity index (χ1v) is 11.5. The van der Waals surface area contributed by atoms with Gasteiger partial charge in [0.2, 0.25) is 5.88 Å². The molecule has 35 heavy (non-hydrogen) atoms. The van der Waals surface area contributed by atoms with E-state index in [9.17, 15) is 9.18 Å². The fraction of sp³-hybridized carbons (Fsp3) is 0.240. The lowest BCUT2D eigenvalue weighted by atomic mass is 9.99. The molecule has 3 aliphatic rings. The minimum absolute atomic E-state index is 0.158. The summed E-state index contributed by atoms with van der Waals surface area (Å²) in [4.78, 5) is 24.1. The van der Waals surface area contributed by atoms with Crippen LogP contribution in [0.4, 0.5) is 21.6 Å². The number of pyridine rings is 2. The maximum absolute atomic E-state index is 13.6. The Balaban J connectivity index is 1.25. The second kappa shape index (κ2) is 7.67. The van der Waals surface area contributed by atoms with E-state index in [0.29, 0.717) is 55.0 Å². The first kappa shape index (κ1) is 20.2. The molecule has 0 spiro atoms. The Morgan fingerprint density at radius 1 is 1.17 bits per heavy atom. The van der Waals surface area contributed by atoms with E-state index >= 15 is 0 Å². The zero-order valence-electron chi connectivity index (χ0n) is 18.6. The summed E-state index contributed by atoms with van der Waals surface area (Å²) in [5.74, 6) is 0.663. The Kier molecular flexibility index (Phi) is 4.43. The zero-order valence-corrected chi connectivity index (χ0v) is 18.6. The number of nitrogens with one attached hydrogen (secondary N) is 2. The number of amides is 1. The number of anilines is 3. The number of hydrogen-bond donors (Lipinski definition) is 2. The summed E-state index contributed by atoms with van der Waals surface area (Å²) in [5, 5.41) is 6.23. The van der Waals surface area contributed by atoms with Crippen LogP contribution in [0.2, 0.25) is 0 Å². The van der Waals surface area contributed by atoms with Gasteiger partial charge in [0.05, 0.1) is 42.4 Å². The largest absolute Gasteiger partial charge is 0.474 e. The summed E-state index contributed by atoms with van der Waals surface area (Å²) in [6.07, 6.45) is 3.34. The first-order chi connectivity index (χ1) is 17.2. The molecular weight excluding hydrogens is 451 g/mol. The molecule has 1 fully saturated rings. The van der Waals surface area contributed by atoms with Crippen LogP contribution in [0.3, 0.4) is 0 Å². The second-order valence-electron chi connectivity index (χ2n) is 8.79. The highest BCUT2D eigenvalue weighted by Gasteiger charge is 2.32. The quantitative estimate of drug-likeness (QED) is 0.473. The van der Waals surface area contributed by atoms with E-state index in [1.54, 1.807) is 12.4 Å². The van der Waals surface area contributed by atoms with Crippen molar-refractivity contribution >= 4 is 28.7 Å². The Bertz CT molecular complexity index is 1500. The van der Waals surface area contributed by atoms with Crippen LogP contribution in [0, 0.1) is 5.82 Å². The van der Waals surface area contributed by atoms with E-state index in [2.05, 4.69) is 25.5 Å². The van der Waals surface area contributed by atoms with Crippen molar-refractivity contribution in [1.82, 2.24) is 19.7 Å². The number of hydrogen-bond acceptors (Lipinski definition) is 7. The molecule has 1 amide bonds. The van der Waals surface area contributed by atoms with Crippen molar-refractivity contribution in [1.29, 1.82) is 0 Å². The molecule has 0 bridgehead atoms. The lowest BCUT2D eigenvalue weighted by Crippen LogP contribution is -2.51. The lowest BCUT2D eigenvalue weighted by molar-refractivity contribution is 0.0693. The van der Waals surface area contributed by atoms with Gasteiger partial charge in [0.15, 0.2) is 0 Å². The molecule has 10 heteroatoms. The average molecular weight is 472 g/mol. The Labute approximate surface area is 199 Å². The van der Waals surface area contributed by atoms with Crippen LogP contribution in [0.25, 0.3) is 16.9 Å². The summed E-state index contributed by atoms with van der Waals surface area (Å²) in [7, 11) is 0. The van der Waals surface area contributed by atoms with Crippen molar-refractivity contribution in [3.05, 3.63) is 65.7 Å². The molecular formula is C25H21FN6O3. The first-order valence-electron chi connectivity index (χ1n) is 11.5. The molecule has 1 aromatic carbocycles. The molecule has 176 valence electrons. The fourth-order valence-corrected chi connectivity index (χ4v) is 5.10. The molecule has 4 aromatic rings. The number of aromatic nitrogens is 3. The van der Waals surface area contributed by atoms with Gasteiger partial charge in [0.25, 0.3) is 5.91 Å². The van der Waals surface area contributed by atoms with Crippen LogP contribution >= 0.6 is 0 Å². The molecule has 1 atom stereocenters. The summed E-state index contributed by atoms with van der Waals surface area (Å²) in [5.41, 5.74) is 5.20. The van der Waals surface area contributed by atoms with Crippen molar-refractivity contribution in [3.63, 3.8) is 0 Å². The van der Waals surface area contributed by atoms with Crippen LogP contribution in [0.15, 0.2) is 48.8 Å². The third kappa shape index (κ3) is 3.21. The summed E-state index contributed by atoms with van der Waals surface area (Å²) in [6, 6.07) is 10.7. The van der Waals surface area contributed by atoms with E-state index < -0.39 is 0 Å². The number of benzene rings is 1. The molecule has 9 nitrogen and oxygen atoms in total. The molecule has 0 radical (unpaired) electrons. The predicted octanol–water partition coefficient (Wildman–Crippen LogP) is 3.12. The van der Waals surface area contributed by atoms with Crippen molar-refractivity contribution in [2.24, 2.45) is 0 Å². The van der Waals surface area contributed by atoms with Gasteiger partial charge in [-0.3, -0.25) is 9.20 Å². The van der Waals surface area contributed by atoms with E-state index in [0.717, 1.165) is 29.1 Å². The molecule has 6 heterocycles. The minimum atomic E-state index is -0.345. The van der Waals surface area contributed by atoms with Crippen LogP contribution < -0.4 is 20.3 Å². The van der Waals surface area contributed by atoms with Gasteiger partial charge in [0, 0.05) is 30.9 Å². The number of ether oxygens (including phenoxy) is 2. The summed E-state index contributed by atoms with van der Waals surface area (Å²) < 4.78 is 26.9. The number of nitrogens with zero attached hydrogens (tertiary/aromatic N) is 4. The molecule has 2 N–H and O–H groups in total. The average Bonchev–Trinajstić information content (AvgIpc) is 3.48. The number of imidazole rings is 1. The third-order valence-corrected chi connectivity index (χ3v) is 6.77. The topological polar surface area (TPSA) is 93.0 Å². The summed E-state index contributed by atoms with van der Waals surface area (Å²) >= 11 is 0. The normalized spacial score (nSPS) is 18.5. The highest BCUT2D eigenvalue weighted by atomic mass is 19.1. The van der Waals surface area contributed by atoms with Crippen LogP contribution in [-0.2, 0) is 11.3 Å². The fourth-order valence-electron chi connectivity index (χ4n) is 5.10. The maximum atomic E-state index is 13.6. The molecule has 1 saturated heterocycles. The molecule has 3 aromatic heterocycles. The van der Waals surface area contributed by atoms with Gasteiger partial charge in [-0.15, -0.1) is 0 Å². The van der Waals surface area contributed by atoms with Gasteiger partial charge >= 0.3 is 0 Å². The van der Waals surface area contributed by atoms with Crippen LogP contribution in [0.1, 0.15) is 15.9 Å². The van der Waals surface area contributed by atoms with Crippen molar-refractivity contribution < 1.29 is 18.7 Å². The van der Waals surface area contributed by atoms with Crippen LogP contribution in [-0.4, -0.2) is 52.7 Å². The maximum Gasteiger partial charge on any atom is 0.254 e. The molecule has 3 aliphatic heterocycles. The second-order valence-corrected chi connectivity index (χ2v) is 8.79. The molecule has 0 saturated carbocycles. The number of rotatable bonds is 3. The highest BCUT2D eigenvalue weighted by molar-refractivity contribution is 6.06. The monoisotopic (exact) mass is 472 g/mol. The third-order valence-electron chi connectivity index (χ3n) is 6.77. The number of halogens is 1. The number of morpholine rings is 1. The number of carbonyl (C=O) groups is 1. The standard InChI is InChI=1S/C25H21FN6O3/c26-14-5-6-32-20(11-27-22(32)9-14)16-1-2-18(23-17(16)10-28-24(23)33)29-21-4-3-19-25(30-21)35-13-15-12-34-8-7-31(15)19/h1-6,9,11,15H,7-8,10,12-13H2,(H,28,33)(H,29,30)/t15-/m0/s1. The van der Waals surface area contributed by atoms with Gasteiger partial charge in [0.1, 0.15) is 29.6 Å². The number of carbonyl (C=O) groups excluding carboxylic acids is 1. The Morgan fingerprint density at radius 2 is 2.11 bits per heavy atom. The minimum Gasteiger partial charge on any atom is -0.474 e. The van der Waals surface area contributed by atoms with Crippen molar-refractivity contribution in [2.75, 3.05) is 36.6 Å². The van der Waals surface area contributed by atoms with E-state index in [1.807, 2.05) is 28.7 Å². The van der Waals surface area contributed by atoms with Gasteiger partial charge < -0.3 is 25.0 Å². The number of fused-ring (bicyclic) bond motifs is 5. The van der Waals surface area contributed by atoms with E-state index in [1.165, 1.54) is 12.1 Å². The molecule has 7 rings (SSSR count). The summed E-state index contributed by atoms with van der Waals surface area (Å²) in [6.45, 7) is 3.06. The van der Waals surface area contributed by atoms with Gasteiger partial charge in [-0.2, -0.15) is 4.98 Å². The van der Waals surface area contributed by atoms with Crippen LogP contribution in [0.5, 0.6) is 5.88 Å². The Hall–Kier alpha value is -4.18. The predicted molar refractivity (Wildman–Crippen MR) is 127 cm³/mol. The van der Waals surface area contributed by atoms with Gasteiger partial charge in [-0.25, -0.2) is 9.37 Å². The van der Waals surface area contributed by atoms with Gasteiger partial charge in [-0.05, 0) is 29.8 Å². The molecule has 0 aliphatic carbocycles.